The van der Waals surface area contributed by atoms with Gasteiger partial charge in [-0.05, 0) is 37.8 Å². The zero-order chi connectivity index (χ0) is 15.2. The van der Waals surface area contributed by atoms with E-state index in [9.17, 15) is 13.6 Å². The van der Waals surface area contributed by atoms with Gasteiger partial charge in [0.1, 0.15) is 17.2 Å². The lowest BCUT2D eigenvalue weighted by Crippen LogP contribution is -2.40. The van der Waals surface area contributed by atoms with Crippen LogP contribution < -0.4 is 0 Å². The molecule has 1 atom stereocenters. The molecule has 1 amide bonds. The molecule has 21 heavy (non-hydrogen) atoms. The average Bonchev–Trinajstić information content (AvgIpc) is 2.47. The van der Waals surface area contributed by atoms with Gasteiger partial charge in [0.05, 0.1) is 6.10 Å². The van der Waals surface area contributed by atoms with Crippen molar-refractivity contribution in [1.29, 1.82) is 0 Å². The molecule has 2 rings (SSSR count). The Hall–Kier alpha value is -1.49. The number of nitrogens with zero attached hydrogens (tertiary/aromatic N) is 1. The molecule has 1 aromatic rings. The second kappa shape index (κ2) is 7.50. The van der Waals surface area contributed by atoms with E-state index in [0.717, 1.165) is 37.8 Å². The van der Waals surface area contributed by atoms with Crippen LogP contribution in [0.1, 0.15) is 43.0 Å². The fourth-order valence-corrected chi connectivity index (χ4v) is 2.60. The van der Waals surface area contributed by atoms with Gasteiger partial charge in [-0.15, -0.1) is 0 Å². The summed E-state index contributed by atoms with van der Waals surface area (Å²) < 4.78 is 33.1. The lowest BCUT2D eigenvalue weighted by molar-refractivity contribution is -0.00403. The molecule has 1 unspecified atom stereocenters. The summed E-state index contributed by atoms with van der Waals surface area (Å²) in [5, 5.41) is 0. The van der Waals surface area contributed by atoms with Gasteiger partial charge in [0.2, 0.25) is 0 Å². The van der Waals surface area contributed by atoms with Gasteiger partial charge in [0.15, 0.2) is 0 Å². The highest BCUT2D eigenvalue weighted by molar-refractivity contribution is 5.94. The number of carbonyl (C=O) groups is 1. The van der Waals surface area contributed by atoms with Gasteiger partial charge in [0.25, 0.3) is 5.91 Å². The topological polar surface area (TPSA) is 29.5 Å². The Bertz CT molecular complexity index is 467. The number of hydrogen-bond acceptors (Lipinski definition) is 2. The monoisotopic (exact) mass is 297 g/mol. The Morgan fingerprint density at radius 2 is 2.05 bits per heavy atom. The van der Waals surface area contributed by atoms with Crippen LogP contribution >= 0.6 is 0 Å². The second-order valence-corrected chi connectivity index (χ2v) is 5.34. The number of hydrogen-bond donors (Lipinski definition) is 0. The van der Waals surface area contributed by atoms with E-state index in [1.807, 2.05) is 6.92 Å². The Morgan fingerprint density at radius 3 is 2.62 bits per heavy atom. The van der Waals surface area contributed by atoms with Crippen molar-refractivity contribution in [3.05, 3.63) is 35.4 Å². The zero-order valence-corrected chi connectivity index (χ0v) is 12.3. The molecule has 116 valence electrons. The van der Waals surface area contributed by atoms with Crippen LogP contribution in [0.2, 0.25) is 0 Å². The zero-order valence-electron chi connectivity index (χ0n) is 12.3. The van der Waals surface area contributed by atoms with Gasteiger partial charge in [-0.1, -0.05) is 13.0 Å². The van der Waals surface area contributed by atoms with E-state index in [1.165, 1.54) is 11.0 Å². The average molecular weight is 297 g/mol. The number of rotatable bonds is 5. The lowest BCUT2D eigenvalue weighted by Gasteiger charge is -2.30. The molecule has 1 heterocycles. The maximum atomic E-state index is 13.8. The first-order valence-corrected chi connectivity index (χ1v) is 7.48. The van der Waals surface area contributed by atoms with Crippen molar-refractivity contribution in [2.75, 3.05) is 19.7 Å². The first-order chi connectivity index (χ1) is 10.1. The van der Waals surface area contributed by atoms with E-state index in [2.05, 4.69) is 0 Å². The molecule has 1 fully saturated rings. The highest BCUT2D eigenvalue weighted by atomic mass is 19.1. The standard InChI is InChI=1S/C16H21F2NO2/c1-2-9-19(11-12-6-3-4-10-21-12)16(20)15-13(17)7-5-8-14(15)18/h5,7-8,12H,2-4,6,9-11H2,1H3. The van der Waals surface area contributed by atoms with Crippen molar-refractivity contribution in [2.45, 2.75) is 38.7 Å². The van der Waals surface area contributed by atoms with Crippen LogP contribution in [0.25, 0.3) is 0 Å². The molecule has 0 bridgehead atoms. The van der Waals surface area contributed by atoms with E-state index in [4.69, 9.17) is 4.74 Å². The van der Waals surface area contributed by atoms with Gasteiger partial charge < -0.3 is 9.64 Å². The van der Waals surface area contributed by atoms with Crippen LogP contribution in [-0.4, -0.2) is 36.6 Å². The molecule has 0 N–H and O–H groups in total. The molecule has 0 radical (unpaired) electrons. The van der Waals surface area contributed by atoms with Crippen molar-refractivity contribution in [1.82, 2.24) is 4.90 Å². The molecule has 3 nitrogen and oxygen atoms in total. The summed E-state index contributed by atoms with van der Waals surface area (Å²) in [6, 6.07) is 3.48. The molecule has 0 saturated carbocycles. The summed E-state index contributed by atoms with van der Waals surface area (Å²) in [5.74, 6) is -2.22. The summed E-state index contributed by atoms with van der Waals surface area (Å²) in [6.45, 7) is 3.47. The Balaban J connectivity index is 2.14. The van der Waals surface area contributed by atoms with Crippen LogP contribution in [0.3, 0.4) is 0 Å². The van der Waals surface area contributed by atoms with Gasteiger partial charge >= 0.3 is 0 Å². The van der Waals surface area contributed by atoms with Crippen molar-refractivity contribution < 1.29 is 18.3 Å². The van der Waals surface area contributed by atoms with Gasteiger partial charge in [-0.25, -0.2) is 8.78 Å². The molecule has 0 aromatic heterocycles. The lowest BCUT2D eigenvalue weighted by atomic mass is 10.1. The molecular formula is C16H21F2NO2. The highest BCUT2D eigenvalue weighted by Gasteiger charge is 2.26. The largest absolute Gasteiger partial charge is 0.376 e. The number of halogens is 2. The molecule has 5 heteroatoms. The van der Waals surface area contributed by atoms with E-state index >= 15 is 0 Å². The van der Waals surface area contributed by atoms with Crippen molar-refractivity contribution >= 4 is 5.91 Å². The predicted molar refractivity (Wildman–Crippen MR) is 76.1 cm³/mol. The fraction of sp³-hybridized carbons (Fsp3) is 0.562. The molecule has 1 aliphatic rings. The summed E-state index contributed by atoms with van der Waals surface area (Å²) in [7, 11) is 0. The third-order valence-corrected chi connectivity index (χ3v) is 3.66. The predicted octanol–water partition coefficient (Wildman–Crippen LogP) is 3.39. The van der Waals surface area contributed by atoms with E-state index in [-0.39, 0.29) is 6.10 Å². The molecule has 0 spiro atoms. The van der Waals surface area contributed by atoms with Crippen LogP contribution in [0.4, 0.5) is 8.78 Å². The molecule has 1 aliphatic heterocycles. The molecule has 1 aromatic carbocycles. The maximum Gasteiger partial charge on any atom is 0.259 e. The first kappa shape index (κ1) is 15.9. The quantitative estimate of drug-likeness (QED) is 0.834. The minimum Gasteiger partial charge on any atom is -0.376 e. The normalized spacial score (nSPS) is 18.5. The third-order valence-electron chi connectivity index (χ3n) is 3.66. The van der Waals surface area contributed by atoms with E-state index < -0.39 is 23.1 Å². The first-order valence-electron chi connectivity index (χ1n) is 7.48. The Labute approximate surface area is 123 Å². The maximum absolute atomic E-state index is 13.8. The van der Waals surface area contributed by atoms with Gasteiger partial charge in [0, 0.05) is 19.7 Å². The second-order valence-electron chi connectivity index (χ2n) is 5.34. The minimum atomic E-state index is -0.814. The third kappa shape index (κ3) is 4.00. The number of benzene rings is 1. The fourth-order valence-electron chi connectivity index (χ4n) is 2.60. The highest BCUT2D eigenvalue weighted by Crippen LogP contribution is 2.18. The minimum absolute atomic E-state index is 0.0379. The summed E-state index contributed by atoms with van der Waals surface area (Å²) in [5.41, 5.74) is -0.471. The van der Waals surface area contributed by atoms with Crippen LogP contribution in [0.5, 0.6) is 0 Å². The number of carbonyl (C=O) groups excluding carboxylic acids is 1. The number of amides is 1. The van der Waals surface area contributed by atoms with Crippen molar-refractivity contribution in [3.63, 3.8) is 0 Å². The summed E-state index contributed by atoms with van der Waals surface area (Å²) in [6.07, 6.45) is 3.67. The van der Waals surface area contributed by atoms with Gasteiger partial charge in [-0.2, -0.15) is 0 Å². The molecule has 1 saturated heterocycles. The Morgan fingerprint density at radius 1 is 1.33 bits per heavy atom. The SMILES string of the molecule is CCCN(CC1CCCCO1)C(=O)c1c(F)cccc1F. The van der Waals surface area contributed by atoms with Crippen molar-refractivity contribution in [2.24, 2.45) is 0 Å². The molecule has 0 aliphatic carbocycles. The van der Waals surface area contributed by atoms with Crippen LogP contribution in [0.15, 0.2) is 18.2 Å². The van der Waals surface area contributed by atoms with Crippen LogP contribution in [-0.2, 0) is 4.74 Å². The van der Waals surface area contributed by atoms with Crippen molar-refractivity contribution in [3.8, 4) is 0 Å². The Kier molecular flexibility index (Phi) is 5.67. The summed E-state index contributed by atoms with van der Waals surface area (Å²) >= 11 is 0. The molecular weight excluding hydrogens is 276 g/mol. The van der Waals surface area contributed by atoms with E-state index in [0.29, 0.717) is 19.7 Å². The summed E-state index contributed by atoms with van der Waals surface area (Å²) in [4.78, 5) is 13.9. The van der Waals surface area contributed by atoms with Crippen LogP contribution in [0, 0.1) is 11.6 Å². The number of ether oxygens (including phenoxy) is 1. The smallest absolute Gasteiger partial charge is 0.259 e. The van der Waals surface area contributed by atoms with E-state index in [1.54, 1.807) is 0 Å². The van der Waals surface area contributed by atoms with Gasteiger partial charge in [-0.3, -0.25) is 4.79 Å².